The molecule has 2 aromatic carbocycles. The Balaban J connectivity index is 1.24. The molecule has 3 fully saturated rings. The minimum Gasteiger partial charge on any atom is -0.395 e. The van der Waals surface area contributed by atoms with E-state index in [4.69, 9.17) is 0 Å². The molecule has 10 nitrogen and oxygen atoms in total. The number of aliphatic hydroxyl groups is 1. The Morgan fingerprint density at radius 2 is 1.64 bits per heavy atom. The standard InChI is InChI=1S/C32H37F2N7O3S/c1-22(21-42)45(43,44)37-25-4-5-27(28(19-25)39-13-8-31(6-7-31)9-14-39)41-20-26(36-38-41)24-17-23-3-2-12-35-30(23)29(18-24)40-15-10-32(33,34)11-16-40/h2-5,12,17-20,22,37,42H,6-11,13-16,21H2,1H3/t22-/m0/s1. The lowest BCUT2D eigenvalue weighted by Crippen LogP contribution is -2.39. The summed E-state index contributed by atoms with van der Waals surface area (Å²) in [7, 11) is -3.77. The lowest BCUT2D eigenvalue weighted by atomic mass is 9.93. The maximum Gasteiger partial charge on any atom is 0.251 e. The monoisotopic (exact) mass is 637 g/mol. The lowest BCUT2D eigenvalue weighted by Gasteiger charge is -2.35. The second-order valence-corrected chi connectivity index (χ2v) is 14.9. The van der Waals surface area contributed by atoms with Gasteiger partial charge in [-0.3, -0.25) is 9.71 Å². The van der Waals surface area contributed by atoms with E-state index in [-0.39, 0.29) is 25.9 Å². The second kappa shape index (κ2) is 11.2. The third-order valence-corrected chi connectivity index (χ3v) is 11.4. The Morgan fingerprint density at radius 1 is 0.933 bits per heavy atom. The molecule has 13 heteroatoms. The second-order valence-electron chi connectivity index (χ2n) is 12.8. The fourth-order valence-electron chi connectivity index (χ4n) is 6.45. The van der Waals surface area contributed by atoms with E-state index < -0.39 is 27.8 Å². The zero-order valence-corrected chi connectivity index (χ0v) is 26.0. The molecular weight excluding hydrogens is 600 g/mol. The highest BCUT2D eigenvalue weighted by atomic mass is 32.2. The van der Waals surface area contributed by atoms with E-state index in [1.165, 1.54) is 19.8 Å². The van der Waals surface area contributed by atoms with Gasteiger partial charge < -0.3 is 14.9 Å². The highest BCUT2D eigenvalue weighted by Gasteiger charge is 2.44. The molecule has 0 unspecified atom stereocenters. The van der Waals surface area contributed by atoms with Crippen molar-refractivity contribution in [3.63, 3.8) is 0 Å². The topological polar surface area (TPSA) is 116 Å². The Hall–Kier alpha value is -3.84. The average molecular weight is 638 g/mol. The molecule has 45 heavy (non-hydrogen) atoms. The molecule has 0 bridgehead atoms. The van der Waals surface area contributed by atoms with Crippen molar-refractivity contribution in [3.8, 4) is 16.9 Å². The van der Waals surface area contributed by atoms with Gasteiger partial charge in [-0.2, -0.15) is 0 Å². The molecule has 4 heterocycles. The van der Waals surface area contributed by atoms with Gasteiger partial charge in [-0.05, 0) is 74.4 Å². The Kier molecular flexibility index (Phi) is 7.43. The molecule has 3 aliphatic rings. The summed E-state index contributed by atoms with van der Waals surface area (Å²) in [5.74, 6) is -2.66. The fourth-order valence-corrected chi connectivity index (χ4v) is 7.30. The van der Waals surface area contributed by atoms with Gasteiger partial charge in [0.1, 0.15) is 10.9 Å². The predicted octanol–water partition coefficient (Wildman–Crippen LogP) is 5.22. The first-order valence-electron chi connectivity index (χ1n) is 15.5. The zero-order chi connectivity index (χ0) is 31.4. The molecule has 0 amide bonds. The summed E-state index contributed by atoms with van der Waals surface area (Å²) in [6.45, 7) is 3.17. The number of nitrogens with zero attached hydrogens (tertiary/aromatic N) is 6. The summed E-state index contributed by atoms with van der Waals surface area (Å²) >= 11 is 0. The van der Waals surface area contributed by atoms with Crippen LogP contribution in [-0.4, -0.2) is 77.5 Å². The molecule has 2 saturated heterocycles. The minimum atomic E-state index is -3.77. The van der Waals surface area contributed by atoms with Crippen LogP contribution < -0.4 is 14.5 Å². The number of pyridine rings is 1. The highest BCUT2D eigenvalue weighted by molar-refractivity contribution is 7.93. The number of sulfonamides is 1. The quantitative estimate of drug-likeness (QED) is 0.270. The fraction of sp³-hybridized carbons (Fsp3) is 0.469. The predicted molar refractivity (Wildman–Crippen MR) is 171 cm³/mol. The number of hydrogen-bond donors (Lipinski definition) is 2. The number of rotatable bonds is 8. The number of fused-ring (bicyclic) bond motifs is 1. The molecule has 238 valence electrons. The number of alkyl halides is 2. The summed E-state index contributed by atoms with van der Waals surface area (Å²) in [5.41, 5.74) is 5.45. The Bertz CT molecular complexity index is 1820. The van der Waals surface area contributed by atoms with Crippen LogP contribution in [0.15, 0.2) is 54.9 Å². The Labute approximate surface area is 261 Å². The molecule has 1 atom stereocenters. The van der Waals surface area contributed by atoms with Crippen molar-refractivity contribution >= 4 is 38.0 Å². The number of hydrogen-bond acceptors (Lipinski definition) is 8. The number of halogens is 2. The van der Waals surface area contributed by atoms with Gasteiger partial charge in [0.25, 0.3) is 5.92 Å². The molecule has 0 radical (unpaired) electrons. The van der Waals surface area contributed by atoms with Crippen molar-refractivity contribution in [2.45, 2.75) is 56.6 Å². The van der Waals surface area contributed by atoms with Crippen molar-refractivity contribution in [1.82, 2.24) is 20.0 Å². The number of piperidine rings is 2. The van der Waals surface area contributed by atoms with Gasteiger partial charge in [0, 0.05) is 56.2 Å². The van der Waals surface area contributed by atoms with Crippen LogP contribution in [0.2, 0.25) is 0 Å². The van der Waals surface area contributed by atoms with E-state index in [1.807, 2.05) is 47.5 Å². The van der Waals surface area contributed by atoms with Crippen molar-refractivity contribution in [2.75, 3.05) is 47.3 Å². The first kappa shape index (κ1) is 29.8. The van der Waals surface area contributed by atoms with Crippen LogP contribution in [0.5, 0.6) is 0 Å². The SMILES string of the molecule is C[C@@H](CO)S(=O)(=O)Nc1ccc(-n2cc(-c3cc(N4CCC(F)(F)CC4)c4ncccc4c3)nn2)c(N2CCC3(CC2)CC3)c1. The van der Waals surface area contributed by atoms with Crippen LogP contribution in [0, 0.1) is 5.41 Å². The van der Waals surface area contributed by atoms with Gasteiger partial charge in [0.2, 0.25) is 10.0 Å². The first-order chi connectivity index (χ1) is 21.5. The maximum absolute atomic E-state index is 14.0. The molecule has 2 N–H and O–H groups in total. The minimum absolute atomic E-state index is 0.201. The van der Waals surface area contributed by atoms with Crippen molar-refractivity contribution in [2.24, 2.45) is 5.41 Å². The van der Waals surface area contributed by atoms with Crippen molar-refractivity contribution in [3.05, 3.63) is 54.9 Å². The number of aliphatic hydroxyl groups excluding tert-OH is 1. The molecule has 7 rings (SSSR count). The summed E-state index contributed by atoms with van der Waals surface area (Å²) in [4.78, 5) is 8.82. The van der Waals surface area contributed by atoms with E-state index in [9.17, 15) is 22.3 Å². The molecular formula is C32H37F2N7O3S. The first-order valence-corrected chi connectivity index (χ1v) is 17.1. The van der Waals surface area contributed by atoms with Crippen LogP contribution in [-0.2, 0) is 10.0 Å². The highest BCUT2D eigenvalue weighted by Crippen LogP contribution is 2.54. The molecule has 1 aliphatic carbocycles. The summed E-state index contributed by atoms with van der Waals surface area (Å²) in [6, 6.07) is 13.1. The van der Waals surface area contributed by atoms with Gasteiger partial charge in [-0.15, -0.1) is 5.10 Å². The van der Waals surface area contributed by atoms with Gasteiger partial charge in [0.05, 0.1) is 41.1 Å². The van der Waals surface area contributed by atoms with Gasteiger partial charge in [0.15, 0.2) is 0 Å². The largest absolute Gasteiger partial charge is 0.395 e. The molecule has 4 aromatic rings. The Morgan fingerprint density at radius 3 is 2.36 bits per heavy atom. The smallest absolute Gasteiger partial charge is 0.251 e. The van der Waals surface area contributed by atoms with Crippen LogP contribution in [0.4, 0.5) is 25.8 Å². The van der Waals surface area contributed by atoms with Crippen molar-refractivity contribution < 1.29 is 22.3 Å². The van der Waals surface area contributed by atoms with E-state index in [2.05, 4.69) is 24.9 Å². The van der Waals surface area contributed by atoms with Crippen molar-refractivity contribution in [1.29, 1.82) is 0 Å². The number of aromatic nitrogens is 4. The van der Waals surface area contributed by atoms with Gasteiger partial charge in [-0.1, -0.05) is 11.3 Å². The molecule has 2 aliphatic heterocycles. The normalized spacial score (nSPS) is 20.0. The number of benzene rings is 2. The molecule has 1 saturated carbocycles. The number of nitrogens with one attached hydrogen (secondary N) is 1. The average Bonchev–Trinajstić information content (AvgIpc) is 3.60. The summed E-state index contributed by atoms with van der Waals surface area (Å²) in [6.07, 6.45) is 7.85. The number of anilines is 3. The van der Waals surface area contributed by atoms with Crippen LogP contribution in [0.25, 0.3) is 27.8 Å². The van der Waals surface area contributed by atoms with E-state index >= 15 is 0 Å². The lowest BCUT2D eigenvalue weighted by molar-refractivity contribution is -0.0220. The maximum atomic E-state index is 14.0. The van der Waals surface area contributed by atoms with E-state index in [1.54, 1.807) is 16.9 Å². The van der Waals surface area contributed by atoms with Gasteiger partial charge in [-0.25, -0.2) is 21.9 Å². The summed E-state index contributed by atoms with van der Waals surface area (Å²) < 4.78 is 57.7. The molecule has 1 spiro atoms. The van der Waals surface area contributed by atoms with Crippen LogP contribution in [0.3, 0.4) is 0 Å². The van der Waals surface area contributed by atoms with Gasteiger partial charge >= 0.3 is 0 Å². The van der Waals surface area contributed by atoms with E-state index in [0.717, 1.165) is 59.5 Å². The molecule has 2 aromatic heterocycles. The third-order valence-electron chi connectivity index (χ3n) is 9.70. The van der Waals surface area contributed by atoms with Crippen LogP contribution in [0.1, 0.15) is 45.4 Å². The zero-order valence-electron chi connectivity index (χ0n) is 25.2. The van der Waals surface area contributed by atoms with E-state index in [0.29, 0.717) is 16.8 Å². The van der Waals surface area contributed by atoms with Crippen LogP contribution >= 0.6 is 0 Å². The third kappa shape index (κ3) is 5.95. The summed E-state index contributed by atoms with van der Waals surface area (Å²) in [5, 5.41) is 18.4.